The van der Waals surface area contributed by atoms with Crippen LogP contribution in [0.25, 0.3) is 0 Å². The van der Waals surface area contributed by atoms with Gasteiger partial charge in [0.2, 0.25) is 0 Å². The van der Waals surface area contributed by atoms with Crippen LogP contribution in [0.2, 0.25) is 0 Å². The predicted molar refractivity (Wildman–Crippen MR) is 81.0 cm³/mol. The number of ether oxygens (including phenoxy) is 1. The standard InChI is InChI=1S/C16H23N3O/c1-4-16-14(12-19(3)18-16)11-17-8-9-20-15-7-5-6-13(2)10-15/h5-7,10,12,17H,4,8-9,11H2,1-3H3. The molecule has 0 amide bonds. The highest BCUT2D eigenvalue weighted by Crippen LogP contribution is 2.11. The summed E-state index contributed by atoms with van der Waals surface area (Å²) in [7, 11) is 1.96. The lowest BCUT2D eigenvalue weighted by atomic mass is 10.2. The number of aryl methyl sites for hydroxylation is 3. The molecule has 0 aliphatic heterocycles. The molecule has 0 saturated carbocycles. The molecule has 4 heteroatoms. The van der Waals surface area contributed by atoms with Gasteiger partial charge in [0.15, 0.2) is 0 Å². The van der Waals surface area contributed by atoms with Crippen molar-refractivity contribution in [3.8, 4) is 5.75 Å². The van der Waals surface area contributed by atoms with Crippen molar-refractivity contribution in [2.24, 2.45) is 7.05 Å². The summed E-state index contributed by atoms with van der Waals surface area (Å²) in [5, 5.41) is 7.83. The molecule has 0 fully saturated rings. The highest BCUT2D eigenvalue weighted by atomic mass is 16.5. The topological polar surface area (TPSA) is 39.1 Å². The van der Waals surface area contributed by atoms with Crippen LogP contribution < -0.4 is 10.1 Å². The molecule has 2 rings (SSSR count). The Kier molecular flexibility index (Phi) is 5.18. The summed E-state index contributed by atoms with van der Waals surface area (Å²) >= 11 is 0. The van der Waals surface area contributed by atoms with Gasteiger partial charge in [-0.1, -0.05) is 19.1 Å². The Hall–Kier alpha value is -1.81. The third-order valence-electron chi connectivity index (χ3n) is 3.18. The zero-order valence-electron chi connectivity index (χ0n) is 12.5. The molecule has 0 radical (unpaired) electrons. The second-order valence-corrected chi connectivity index (χ2v) is 4.97. The Bertz CT molecular complexity index is 548. The van der Waals surface area contributed by atoms with Gasteiger partial charge in [-0.2, -0.15) is 5.10 Å². The molecule has 20 heavy (non-hydrogen) atoms. The maximum Gasteiger partial charge on any atom is 0.119 e. The monoisotopic (exact) mass is 273 g/mol. The Morgan fingerprint density at radius 2 is 2.20 bits per heavy atom. The van der Waals surface area contributed by atoms with E-state index in [4.69, 9.17) is 4.74 Å². The molecule has 0 aliphatic rings. The van der Waals surface area contributed by atoms with Gasteiger partial charge in [0.25, 0.3) is 0 Å². The minimum absolute atomic E-state index is 0.672. The summed E-state index contributed by atoms with van der Waals surface area (Å²) in [6, 6.07) is 8.13. The van der Waals surface area contributed by atoms with E-state index < -0.39 is 0 Å². The first kappa shape index (κ1) is 14.6. The zero-order chi connectivity index (χ0) is 14.4. The molecule has 1 aromatic carbocycles. The average Bonchev–Trinajstić information content (AvgIpc) is 2.79. The van der Waals surface area contributed by atoms with Crippen LogP contribution in [0, 0.1) is 6.92 Å². The molecule has 4 nitrogen and oxygen atoms in total. The maximum atomic E-state index is 5.70. The van der Waals surface area contributed by atoms with E-state index in [9.17, 15) is 0 Å². The van der Waals surface area contributed by atoms with Gasteiger partial charge in [0.05, 0.1) is 5.69 Å². The summed E-state index contributed by atoms with van der Waals surface area (Å²) in [6.07, 6.45) is 3.05. The summed E-state index contributed by atoms with van der Waals surface area (Å²) in [5.41, 5.74) is 3.66. The number of hydrogen-bond acceptors (Lipinski definition) is 3. The van der Waals surface area contributed by atoms with Crippen molar-refractivity contribution in [1.82, 2.24) is 15.1 Å². The van der Waals surface area contributed by atoms with Gasteiger partial charge < -0.3 is 10.1 Å². The third-order valence-corrected chi connectivity index (χ3v) is 3.18. The molecule has 0 unspecified atom stereocenters. The smallest absolute Gasteiger partial charge is 0.119 e. The first-order chi connectivity index (χ1) is 9.69. The minimum Gasteiger partial charge on any atom is -0.492 e. The number of rotatable bonds is 7. The molecule has 2 aromatic rings. The average molecular weight is 273 g/mol. The number of aromatic nitrogens is 2. The number of nitrogens with zero attached hydrogens (tertiary/aromatic N) is 2. The van der Waals surface area contributed by atoms with Gasteiger partial charge >= 0.3 is 0 Å². The van der Waals surface area contributed by atoms with Crippen LogP contribution in [0.3, 0.4) is 0 Å². The van der Waals surface area contributed by atoms with Gasteiger partial charge in [-0.25, -0.2) is 0 Å². The lowest BCUT2D eigenvalue weighted by Crippen LogP contribution is -2.21. The highest BCUT2D eigenvalue weighted by molar-refractivity contribution is 5.27. The van der Waals surface area contributed by atoms with Crippen LogP contribution in [-0.4, -0.2) is 22.9 Å². The van der Waals surface area contributed by atoms with E-state index in [1.54, 1.807) is 0 Å². The molecule has 0 bridgehead atoms. The molecular formula is C16H23N3O. The van der Waals surface area contributed by atoms with Crippen molar-refractivity contribution < 1.29 is 4.74 Å². The van der Waals surface area contributed by atoms with Gasteiger partial charge in [-0.3, -0.25) is 4.68 Å². The molecule has 108 valence electrons. The Balaban J connectivity index is 1.71. The van der Waals surface area contributed by atoms with Gasteiger partial charge in [-0.15, -0.1) is 0 Å². The third kappa shape index (κ3) is 4.10. The van der Waals surface area contributed by atoms with E-state index in [1.807, 2.05) is 23.9 Å². The van der Waals surface area contributed by atoms with E-state index in [0.29, 0.717) is 6.61 Å². The lowest BCUT2D eigenvalue weighted by molar-refractivity contribution is 0.313. The van der Waals surface area contributed by atoms with E-state index >= 15 is 0 Å². The van der Waals surface area contributed by atoms with E-state index in [2.05, 4.69) is 42.6 Å². The van der Waals surface area contributed by atoms with Crippen molar-refractivity contribution in [2.45, 2.75) is 26.8 Å². The van der Waals surface area contributed by atoms with Crippen LogP contribution in [0.1, 0.15) is 23.7 Å². The van der Waals surface area contributed by atoms with Crippen molar-refractivity contribution in [2.75, 3.05) is 13.2 Å². The normalized spacial score (nSPS) is 10.8. The quantitative estimate of drug-likeness (QED) is 0.788. The summed E-state index contributed by atoms with van der Waals surface area (Å²) in [6.45, 7) is 6.54. The highest BCUT2D eigenvalue weighted by Gasteiger charge is 2.04. The number of nitrogens with one attached hydrogen (secondary N) is 1. The van der Waals surface area contributed by atoms with E-state index in [1.165, 1.54) is 16.8 Å². The second-order valence-electron chi connectivity index (χ2n) is 4.97. The van der Waals surface area contributed by atoms with Crippen LogP contribution in [0.5, 0.6) is 5.75 Å². The fraction of sp³-hybridized carbons (Fsp3) is 0.438. The predicted octanol–water partition coefficient (Wildman–Crippen LogP) is 2.46. The molecule has 0 atom stereocenters. The van der Waals surface area contributed by atoms with Gasteiger partial charge in [0, 0.05) is 31.9 Å². The Labute approximate surface area is 120 Å². The Morgan fingerprint density at radius 3 is 2.95 bits per heavy atom. The second kappa shape index (κ2) is 7.10. The zero-order valence-corrected chi connectivity index (χ0v) is 12.5. The fourth-order valence-electron chi connectivity index (χ4n) is 2.20. The molecule has 1 heterocycles. The van der Waals surface area contributed by atoms with Crippen LogP contribution in [0.4, 0.5) is 0 Å². The van der Waals surface area contributed by atoms with Crippen LogP contribution in [-0.2, 0) is 20.0 Å². The summed E-state index contributed by atoms with van der Waals surface area (Å²) in [4.78, 5) is 0. The summed E-state index contributed by atoms with van der Waals surface area (Å²) in [5.74, 6) is 0.933. The molecule has 0 saturated heterocycles. The molecule has 0 aliphatic carbocycles. The van der Waals surface area contributed by atoms with E-state index in [0.717, 1.165) is 25.3 Å². The number of hydrogen-bond donors (Lipinski definition) is 1. The van der Waals surface area contributed by atoms with Crippen LogP contribution >= 0.6 is 0 Å². The number of benzene rings is 1. The fourth-order valence-corrected chi connectivity index (χ4v) is 2.20. The van der Waals surface area contributed by atoms with E-state index in [-0.39, 0.29) is 0 Å². The summed E-state index contributed by atoms with van der Waals surface area (Å²) < 4.78 is 7.58. The SMILES string of the molecule is CCc1nn(C)cc1CNCCOc1cccc(C)c1. The van der Waals surface area contributed by atoms with Crippen molar-refractivity contribution in [3.63, 3.8) is 0 Å². The molecule has 0 spiro atoms. The maximum absolute atomic E-state index is 5.70. The van der Waals surface area contributed by atoms with Gasteiger partial charge in [0.1, 0.15) is 12.4 Å². The lowest BCUT2D eigenvalue weighted by Gasteiger charge is -2.08. The van der Waals surface area contributed by atoms with Gasteiger partial charge in [-0.05, 0) is 31.0 Å². The van der Waals surface area contributed by atoms with Crippen LogP contribution in [0.15, 0.2) is 30.5 Å². The Morgan fingerprint density at radius 1 is 1.35 bits per heavy atom. The van der Waals surface area contributed by atoms with Crippen molar-refractivity contribution in [3.05, 3.63) is 47.3 Å². The molecular weight excluding hydrogens is 250 g/mol. The molecule has 1 aromatic heterocycles. The van der Waals surface area contributed by atoms with Crippen molar-refractivity contribution >= 4 is 0 Å². The molecule has 1 N–H and O–H groups in total. The first-order valence-electron chi connectivity index (χ1n) is 7.10. The van der Waals surface area contributed by atoms with Crippen molar-refractivity contribution in [1.29, 1.82) is 0 Å². The largest absolute Gasteiger partial charge is 0.492 e. The first-order valence-corrected chi connectivity index (χ1v) is 7.10. The minimum atomic E-state index is 0.672.